The van der Waals surface area contributed by atoms with Gasteiger partial charge in [-0.2, -0.15) is 0 Å². The van der Waals surface area contributed by atoms with Crippen LogP contribution >= 0.6 is 0 Å². The average Bonchev–Trinajstić information content (AvgIpc) is 0. The Hall–Kier alpha value is -0.280. The summed E-state index contributed by atoms with van der Waals surface area (Å²) in [5, 5.41) is 0. The Kier molecular flexibility index (Phi) is 226000. The van der Waals surface area contributed by atoms with Gasteiger partial charge in [-0.05, 0) is 0 Å². The van der Waals surface area contributed by atoms with Crippen LogP contribution in [0.4, 0.5) is 18.8 Å². The predicted octanol–water partition coefficient (Wildman–Crippen LogP) is 1.88. The summed E-state index contributed by atoms with van der Waals surface area (Å²) < 4.78 is 0. The van der Waals surface area contributed by atoms with E-state index in [1.165, 1.54) is 0 Å². The lowest BCUT2D eigenvalue weighted by molar-refractivity contribution is 1.11. The van der Waals surface area contributed by atoms with Crippen molar-refractivity contribution in [3.05, 3.63) is 0 Å². The Labute approximate surface area is 35.0 Å². The Morgan fingerprint density at radius 3 is 0.333 bits per heavy atom. The van der Waals surface area contributed by atoms with Crippen LogP contribution in [-0.2, 0) is 0 Å². The molecule has 0 bridgehead atoms. The highest BCUT2D eigenvalue weighted by molar-refractivity contribution is 2.50. The number of hydrogen-bond acceptors (Lipinski definition) is 0. The van der Waals surface area contributed by atoms with Crippen molar-refractivity contribution in [2.75, 3.05) is 0 Å². The highest BCUT2D eigenvalue weighted by atomic mass is 19.0. The molecule has 0 N–H and O–H groups in total. The quantitative estimate of drug-likeness (QED) is 0.420. The molecule has 0 aromatic rings. The minimum atomic E-state index is 0. The number of halogens is 4. The van der Waals surface area contributed by atoms with Crippen molar-refractivity contribution in [1.29, 1.82) is 0 Å². The molecule has 0 aromatic heterocycles. The summed E-state index contributed by atoms with van der Waals surface area (Å²) >= 11 is 0. The fourth-order valence-corrected chi connectivity index (χ4v) is 0. The van der Waals surface area contributed by atoms with Crippen molar-refractivity contribution in [3.8, 4) is 0 Å². The molecule has 48 valence electrons. The highest BCUT2D eigenvalue weighted by Gasteiger charge is -0.0765. The van der Waals surface area contributed by atoms with Gasteiger partial charge >= 0.3 is 0 Å². The standard InChI is InChI=1S/2CH4.4FH/h2*1H4;4*1H. The lowest BCUT2D eigenvalue weighted by atomic mass is 12.0. The van der Waals surface area contributed by atoms with E-state index in [1.807, 2.05) is 0 Å². The van der Waals surface area contributed by atoms with Gasteiger partial charge < -0.3 is 0 Å². The van der Waals surface area contributed by atoms with E-state index in [-0.39, 0.29) is 33.7 Å². The van der Waals surface area contributed by atoms with Crippen molar-refractivity contribution in [1.82, 2.24) is 0 Å². The first-order valence-corrected chi connectivity index (χ1v) is 0. The molecule has 0 rings (SSSR count). The molecule has 0 unspecified atom stereocenters. The lowest BCUT2D eigenvalue weighted by Gasteiger charge is -0.270. The Morgan fingerprint density at radius 2 is 0.333 bits per heavy atom. The molecule has 0 saturated carbocycles. The third-order valence-corrected chi connectivity index (χ3v) is 0. The second-order valence-corrected chi connectivity index (χ2v) is 0. The zero-order valence-corrected chi connectivity index (χ0v) is 1.63. The van der Waals surface area contributed by atoms with E-state index in [0.717, 1.165) is 0 Å². The van der Waals surface area contributed by atoms with Gasteiger partial charge in [0.15, 0.2) is 0 Å². The average molecular weight is 112 g/mol. The van der Waals surface area contributed by atoms with E-state index in [0.29, 0.717) is 0 Å². The summed E-state index contributed by atoms with van der Waals surface area (Å²) in [5.74, 6) is 0. The molecule has 0 spiro atoms. The largest absolute Gasteiger partial charge is 0.269 e. The molecule has 0 nitrogen and oxygen atoms in total. The molecule has 0 aliphatic heterocycles. The predicted molar refractivity (Wildman–Crippen MR) is 23.5 cm³/mol. The van der Waals surface area contributed by atoms with E-state index in [2.05, 4.69) is 0 Å². The van der Waals surface area contributed by atoms with Crippen molar-refractivity contribution >= 4 is 0 Å². The highest BCUT2D eigenvalue weighted by Crippen LogP contribution is 0.423. The van der Waals surface area contributed by atoms with Gasteiger partial charge in [-0.1, -0.05) is 14.9 Å². The van der Waals surface area contributed by atoms with Crippen LogP contribution in [0.5, 0.6) is 0 Å². The third-order valence-electron chi connectivity index (χ3n) is 0. The van der Waals surface area contributed by atoms with Crippen molar-refractivity contribution in [2.45, 2.75) is 14.9 Å². The topological polar surface area (TPSA) is 0 Å². The summed E-state index contributed by atoms with van der Waals surface area (Å²) in [6, 6.07) is 0. The van der Waals surface area contributed by atoms with Crippen LogP contribution in [0.15, 0.2) is 0 Å². The van der Waals surface area contributed by atoms with Gasteiger partial charge in [0.05, 0.1) is 0 Å². The van der Waals surface area contributed by atoms with Gasteiger partial charge in [0.25, 0.3) is 0 Å². The normalized spacial score (nSPS) is 0. The molecule has 0 fully saturated rings. The zero-order chi connectivity index (χ0) is 0. The number of rotatable bonds is 0. The molecular formula is C2H12F4. The van der Waals surface area contributed by atoms with Crippen LogP contribution in [0.3, 0.4) is 0 Å². The second-order valence-electron chi connectivity index (χ2n) is 0. The molecule has 4 heteroatoms. The van der Waals surface area contributed by atoms with Crippen molar-refractivity contribution in [3.63, 3.8) is 0 Å². The SMILES string of the molecule is C.C.F.F.F.F. The summed E-state index contributed by atoms with van der Waals surface area (Å²) in [4.78, 5) is 0. The fraction of sp³-hybridized carbons (Fsp3) is 1.00. The molecule has 0 amide bonds. The zero-order valence-electron chi connectivity index (χ0n) is 1.63. The Bertz CT molecular complexity index is 5.51. The van der Waals surface area contributed by atoms with Gasteiger partial charge in [-0.25, -0.2) is 0 Å². The minimum absolute atomic E-state index is 0. The molecule has 6 heavy (non-hydrogen) atoms. The van der Waals surface area contributed by atoms with Crippen LogP contribution in [0, 0.1) is 0 Å². The van der Waals surface area contributed by atoms with Crippen LogP contribution in [-0.4, -0.2) is 0 Å². The van der Waals surface area contributed by atoms with Crippen LogP contribution in [0.1, 0.15) is 14.9 Å². The van der Waals surface area contributed by atoms with E-state index in [4.69, 9.17) is 0 Å². The van der Waals surface area contributed by atoms with Gasteiger partial charge in [0.2, 0.25) is 0 Å². The molecule has 0 aliphatic carbocycles. The molecule has 0 saturated heterocycles. The molecule has 0 aromatic carbocycles. The van der Waals surface area contributed by atoms with Gasteiger partial charge in [-0.15, -0.1) is 0 Å². The van der Waals surface area contributed by atoms with Gasteiger partial charge in [-0.3, -0.25) is 18.8 Å². The molecule has 0 heterocycles. The first kappa shape index (κ1) is 1630. The van der Waals surface area contributed by atoms with E-state index >= 15 is 0 Å². The maximum atomic E-state index is 0. The van der Waals surface area contributed by atoms with E-state index in [9.17, 15) is 0 Å². The second kappa shape index (κ2) is 833. The summed E-state index contributed by atoms with van der Waals surface area (Å²) in [6.07, 6.45) is 0. The fourth-order valence-electron chi connectivity index (χ4n) is 0. The van der Waals surface area contributed by atoms with E-state index < -0.39 is 0 Å². The maximum Gasteiger partial charge on any atom is -0.0776 e. The van der Waals surface area contributed by atoms with E-state index in [1.54, 1.807) is 0 Å². The van der Waals surface area contributed by atoms with Crippen molar-refractivity contribution in [2.24, 2.45) is 0 Å². The number of hydrogen-bond donors (Lipinski definition) is 0. The third kappa shape index (κ3) is 351. The summed E-state index contributed by atoms with van der Waals surface area (Å²) in [5.41, 5.74) is 0. The Morgan fingerprint density at radius 1 is 0.333 bits per heavy atom. The van der Waals surface area contributed by atoms with Crippen LogP contribution in [0.25, 0.3) is 0 Å². The summed E-state index contributed by atoms with van der Waals surface area (Å²) in [6.45, 7) is 0. The minimum Gasteiger partial charge on any atom is -0.269 e. The van der Waals surface area contributed by atoms with Crippen molar-refractivity contribution < 1.29 is 18.8 Å². The van der Waals surface area contributed by atoms with Gasteiger partial charge in [0, 0.05) is 0 Å². The molecule has 0 atom stereocenters. The first-order valence-electron chi connectivity index (χ1n) is 0. The maximum absolute atomic E-state index is 0. The van der Waals surface area contributed by atoms with Gasteiger partial charge in [0.1, 0.15) is 0 Å². The Balaban J connectivity index is 0. The van der Waals surface area contributed by atoms with Crippen LogP contribution < -0.4 is 0 Å². The lowest BCUT2D eigenvalue weighted by Crippen LogP contribution is 0.143. The molecular weight excluding hydrogens is 100 g/mol. The smallest absolute Gasteiger partial charge is 0.0776 e. The molecule has 0 aliphatic rings. The molecule has 0 radical (unpaired) electrons. The first-order chi connectivity index (χ1) is 0. The monoisotopic (exact) mass is 112 g/mol. The summed E-state index contributed by atoms with van der Waals surface area (Å²) in [7, 11) is 0. The van der Waals surface area contributed by atoms with Crippen LogP contribution in [0.2, 0.25) is 0 Å².